The molecule has 1 rings (SSSR count). The van der Waals surface area contributed by atoms with Gasteiger partial charge < -0.3 is 10.1 Å². The summed E-state index contributed by atoms with van der Waals surface area (Å²) in [5.74, 6) is 0. The van der Waals surface area contributed by atoms with Gasteiger partial charge >= 0.3 is 0 Å². The number of hydrogen-bond donors (Lipinski definition) is 1. The van der Waals surface area contributed by atoms with Crippen LogP contribution in [-0.4, -0.2) is 18.9 Å². The molecular formula is C14H21NO. The van der Waals surface area contributed by atoms with Crippen LogP contribution in [0.25, 0.3) is 0 Å². The van der Waals surface area contributed by atoms with Gasteiger partial charge in [-0.3, -0.25) is 0 Å². The molecule has 0 aliphatic rings. The zero-order valence-corrected chi connectivity index (χ0v) is 9.99. The average molecular weight is 219 g/mol. The molecule has 0 bridgehead atoms. The molecule has 16 heavy (non-hydrogen) atoms. The van der Waals surface area contributed by atoms with Crippen molar-refractivity contribution in [2.24, 2.45) is 0 Å². The lowest BCUT2D eigenvalue weighted by Crippen LogP contribution is -2.33. The van der Waals surface area contributed by atoms with Crippen molar-refractivity contribution in [2.75, 3.05) is 6.54 Å². The van der Waals surface area contributed by atoms with Crippen LogP contribution in [0.3, 0.4) is 0 Å². The second-order valence-corrected chi connectivity index (χ2v) is 4.09. The predicted molar refractivity (Wildman–Crippen MR) is 67.5 cm³/mol. The van der Waals surface area contributed by atoms with E-state index >= 15 is 0 Å². The normalized spacial score (nSPS) is 12.3. The third-order valence-corrected chi connectivity index (χ3v) is 2.65. The molecule has 0 amide bonds. The highest BCUT2D eigenvalue weighted by Gasteiger charge is 2.06. The largest absolute Gasteiger partial charge is 0.307 e. The van der Waals surface area contributed by atoms with Crippen molar-refractivity contribution in [3.63, 3.8) is 0 Å². The molecule has 88 valence electrons. The molecule has 0 saturated heterocycles. The number of benzene rings is 1. The van der Waals surface area contributed by atoms with E-state index < -0.39 is 0 Å². The Morgan fingerprint density at radius 2 is 2.00 bits per heavy atom. The van der Waals surface area contributed by atoms with Crippen LogP contribution in [0, 0.1) is 0 Å². The zero-order valence-electron chi connectivity index (χ0n) is 9.99. The molecular weight excluding hydrogens is 198 g/mol. The van der Waals surface area contributed by atoms with Crippen LogP contribution in [0.5, 0.6) is 0 Å². The number of nitrogens with one attached hydrogen (secondary N) is 1. The fourth-order valence-electron chi connectivity index (χ4n) is 1.70. The fraction of sp³-hybridized carbons (Fsp3) is 0.500. The Balaban J connectivity index is 2.29. The van der Waals surface area contributed by atoms with E-state index in [1.807, 2.05) is 18.2 Å². The van der Waals surface area contributed by atoms with Crippen LogP contribution in [0.1, 0.15) is 31.7 Å². The van der Waals surface area contributed by atoms with Crippen molar-refractivity contribution in [2.45, 2.75) is 38.6 Å². The van der Waals surface area contributed by atoms with E-state index in [0.717, 1.165) is 25.7 Å². The van der Waals surface area contributed by atoms with Crippen LogP contribution >= 0.6 is 0 Å². The van der Waals surface area contributed by atoms with Crippen molar-refractivity contribution >= 4 is 6.29 Å². The smallest absolute Gasteiger partial charge is 0.137 e. The van der Waals surface area contributed by atoms with Gasteiger partial charge in [0.1, 0.15) is 6.29 Å². The van der Waals surface area contributed by atoms with Gasteiger partial charge in [0.05, 0.1) is 6.04 Å². The molecule has 0 aliphatic carbocycles. The highest BCUT2D eigenvalue weighted by atomic mass is 16.1. The summed E-state index contributed by atoms with van der Waals surface area (Å²) in [5.41, 5.74) is 1.21. The predicted octanol–water partition coefficient (Wildman–Crippen LogP) is 2.58. The lowest BCUT2D eigenvalue weighted by molar-refractivity contribution is -0.109. The number of unbranched alkanes of at least 4 members (excludes halogenated alkanes) is 2. The Bertz CT molecular complexity index is 284. The number of hydrogen-bond acceptors (Lipinski definition) is 2. The molecule has 1 aromatic rings. The molecule has 0 saturated carbocycles. The van der Waals surface area contributed by atoms with E-state index in [4.69, 9.17) is 0 Å². The molecule has 2 nitrogen and oxygen atoms in total. The van der Waals surface area contributed by atoms with E-state index in [1.54, 1.807) is 0 Å². The van der Waals surface area contributed by atoms with Crippen molar-refractivity contribution in [3.05, 3.63) is 35.9 Å². The van der Waals surface area contributed by atoms with Crippen molar-refractivity contribution in [3.8, 4) is 0 Å². The first-order chi connectivity index (χ1) is 7.86. The Morgan fingerprint density at radius 1 is 1.25 bits per heavy atom. The molecule has 1 aromatic carbocycles. The van der Waals surface area contributed by atoms with Gasteiger partial charge in [-0.15, -0.1) is 0 Å². The number of aldehydes is 1. The van der Waals surface area contributed by atoms with Gasteiger partial charge in [-0.1, -0.05) is 50.1 Å². The molecule has 1 N–H and O–H groups in total. The van der Waals surface area contributed by atoms with Crippen LogP contribution in [0.15, 0.2) is 30.3 Å². The minimum Gasteiger partial charge on any atom is -0.307 e. The van der Waals surface area contributed by atoms with Crippen molar-refractivity contribution in [1.29, 1.82) is 0 Å². The first-order valence-corrected chi connectivity index (χ1v) is 6.09. The third kappa shape index (κ3) is 5.08. The van der Waals surface area contributed by atoms with Crippen LogP contribution in [0.4, 0.5) is 0 Å². The summed E-state index contributed by atoms with van der Waals surface area (Å²) in [6.45, 7) is 3.12. The number of carbonyl (C=O) groups excluding carboxylic acids is 1. The van der Waals surface area contributed by atoms with Gasteiger partial charge in [-0.2, -0.15) is 0 Å². The maximum Gasteiger partial charge on any atom is 0.137 e. The molecule has 0 spiro atoms. The Labute approximate surface area is 98.1 Å². The average Bonchev–Trinajstić information content (AvgIpc) is 2.34. The molecule has 0 unspecified atom stereocenters. The van der Waals surface area contributed by atoms with Crippen LogP contribution < -0.4 is 5.32 Å². The monoisotopic (exact) mass is 219 g/mol. The second kappa shape index (κ2) is 8.05. The summed E-state index contributed by atoms with van der Waals surface area (Å²) < 4.78 is 0. The fourth-order valence-corrected chi connectivity index (χ4v) is 1.70. The SMILES string of the molecule is CCCCCN[C@@H](C=O)Cc1ccccc1. The Morgan fingerprint density at radius 3 is 2.62 bits per heavy atom. The van der Waals surface area contributed by atoms with Crippen LogP contribution in [-0.2, 0) is 11.2 Å². The summed E-state index contributed by atoms with van der Waals surface area (Å²) in [7, 11) is 0. The quantitative estimate of drug-likeness (QED) is 0.538. The minimum atomic E-state index is -0.0424. The van der Waals surface area contributed by atoms with Crippen molar-refractivity contribution in [1.82, 2.24) is 5.32 Å². The van der Waals surface area contributed by atoms with Gasteiger partial charge in [-0.05, 0) is 24.9 Å². The summed E-state index contributed by atoms with van der Waals surface area (Å²) in [6.07, 6.45) is 5.39. The number of carbonyl (C=O) groups is 1. The summed E-state index contributed by atoms with van der Waals surface area (Å²) in [6, 6.07) is 10.1. The molecule has 1 atom stereocenters. The maximum atomic E-state index is 10.9. The minimum absolute atomic E-state index is 0.0424. The lowest BCUT2D eigenvalue weighted by atomic mass is 10.1. The van der Waals surface area contributed by atoms with Crippen LogP contribution in [0.2, 0.25) is 0 Å². The first-order valence-electron chi connectivity index (χ1n) is 6.09. The molecule has 2 heteroatoms. The molecule has 0 aromatic heterocycles. The Hall–Kier alpha value is -1.15. The highest BCUT2D eigenvalue weighted by Crippen LogP contribution is 2.02. The van der Waals surface area contributed by atoms with Gasteiger partial charge in [0.15, 0.2) is 0 Å². The molecule has 0 aliphatic heterocycles. The van der Waals surface area contributed by atoms with E-state index in [9.17, 15) is 4.79 Å². The van der Waals surface area contributed by atoms with E-state index in [-0.39, 0.29) is 6.04 Å². The van der Waals surface area contributed by atoms with Crippen molar-refractivity contribution < 1.29 is 4.79 Å². The van der Waals surface area contributed by atoms with E-state index in [2.05, 4.69) is 24.4 Å². The summed E-state index contributed by atoms with van der Waals surface area (Å²) >= 11 is 0. The summed E-state index contributed by atoms with van der Waals surface area (Å²) in [4.78, 5) is 10.9. The van der Waals surface area contributed by atoms with E-state index in [1.165, 1.54) is 18.4 Å². The van der Waals surface area contributed by atoms with Gasteiger partial charge in [0.2, 0.25) is 0 Å². The van der Waals surface area contributed by atoms with Gasteiger partial charge in [0, 0.05) is 0 Å². The topological polar surface area (TPSA) is 29.1 Å². The maximum absolute atomic E-state index is 10.9. The molecule has 0 fully saturated rings. The van der Waals surface area contributed by atoms with Gasteiger partial charge in [0.25, 0.3) is 0 Å². The highest BCUT2D eigenvalue weighted by molar-refractivity contribution is 5.58. The van der Waals surface area contributed by atoms with Gasteiger partial charge in [-0.25, -0.2) is 0 Å². The standard InChI is InChI=1S/C14H21NO/c1-2-3-7-10-15-14(12-16)11-13-8-5-4-6-9-13/h4-6,8-9,12,14-15H,2-3,7,10-11H2,1H3/t14-/m1/s1. The zero-order chi connectivity index (χ0) is 11.6. The molecule has 0 heterocycles. The number of rotatable bonds is 8. The second-order valence-electron chi connectivity index (χ2n) is 4.09. The first kappa shape index (κ1) is 12.9. The molecule has 0 radical (unpaired) electrons. The summed E-state index contributed by atoms with van der Waals surface area (Å²) in [5, 5.41) is 3.28. The van der Waals surface area contributed by atoms with E-state index in [0.29, 0.717) is 0 Å². The lowest BCUT2D eigenvalue weighted by Gasteiger charge is -2.12. The Kier molecular flexibility index (Phi) is 6.50. The third-order valence-electron chi connectivity index (χ3n) is 2.65.